The fourth-order valence-electron chi connectivity index (χ4n) is 4.07. The zero-order valence-electron chi connectivity index (χ0n) is 16.2. The summed E-state index contributed by atoms with van der Waals surface area (Å²) in [5.41, 5.74) is 8.15. The van der Waals surface area contributed by atoms with Crippen molar-refractivity contribution in [2.75, 3.05) is 24.6 Å². The monoisotopic (exact) mass is 392 g/mol. The molecule has 1 saturated heterocycles. The van der Waals surface area contributed by atoms with Gasteiger partial charge in [0.05, 0.1) is 19.5 Å². The van der Waals surface area contributed by atoms with Crippen LogP contribution in [0.25, 0.3) is 11.0 Å². The second kappa shape index (κ2) is 8.07. The fraction of sp³-hybridized carbons (Fsp3) is 0.381. The van der Waals surface area contributed by atoms with E-state index in [4.69, 9.17) is 5.73 Å². The molecular weight excluding hydrogens is 368 g/mol. The molecule has 4 rings (SSSR count). The third-order valence-electron chi connectivity index (χ3n) is 5.39. The molecule has 0 spiro atoms. The molecule has 8 heteroatoms. The van der Waals surface area contributed by atoms with Crippen LogP contribution in [0, 0.1) is 11.3 Å². The average molecular weight is 392 g/mol. The highest BCUT2D eigenvalue weighted by Crippen LogP contribution is 2.32. The van der Waals surface area contributed by atoms with Crippen molar-refractivity contribution in [3.63, 3.8) is 0 Å². The molecule has 2 aromatic heterocycles. The molecule has 150 valence electrons. The molecule has 0 bridgehead atoms. The summed E-state index contributed by atoms with van der Waals surface area (Å²) >= 11 is 0. The van der Waals surface area contributed by atoms with Crippen LogP contribution in [0.2, 0.25) is 0 Å². The molecule has 8 nitrogen and oxygen atoms in total. The van der Waals surface area contributed by atoms with Gasteiger partial charge in [0.2, 0.25) is 0 Å². The van der Waals surface area contributed by atoms with Crippen LogP contribution in [0.5, 0.6) is 0 Å². The van der Waals surface area contributed by atoms with Crippen LogP contribution < -0.4 is 16.2 Å². The topological polar surface area (TPSA) is 113 Å². The molecule has 3 N–H and O–H groups in total. The van der Waals surface area contributed by atoms with E-state index in [-0.39, 0.29) is 24.8 Å². The van der Waals surface area contributed by atoms with E-state index in [1.165, 1.54) is 10.9 Å². The molecule has 3 aromatic rings. The van der Waals surface area contributed by atoms with Gasteiger partial charge in [0.1, 0.15) is 28.5 Å². The highest BCUT2D eigenvalue weighted by molar-refractivity contribution is 5.89. The van der Waals surface area contributed by atoms with Crippen molar-refractivity contribution in [3.8, 4) is 6.07 Å². The van der Waals surface area contributed by atoms with Crippen LogP contribution >= 0.6 is 0 Å². The first-order valence-corrected chi connectivity index (χ1v) is 9.81. The van der Waals surface area contributed by atoms with Gasteiger partial charge in [0.25, 0.3) is 5.56 Å². The number of benzene rings is 1. The summed E-state index contributed by atoms with van der Waals surface area (Å²) in [6, 6.07) is 12.1. The van der Waals surface area contributed by atoms with Crippen molar-refractivity contribution < 1.29 is 5.11 Å². The van der Waals surface area contributed by atoms with Crippen LogP contribution in [-0.2, 0) is 13.1 Å². The fourth-order valence-corrected chi connectivity index (χ4v) is 4.07. The van der Waals surface area contributed by atoms with E-state index in [0.717, 1.165) is 24.9 Å². The lowest BCUT2D eigenvalue weighted by Gasteiger charge is -2.33. The largest absolute Gasteiger partial charge is 0.395 e. The van der Waals surface area contributed by atoms with Crippen LogP contribution in [0.1, 0.15) is 24.0 Å². The van der Waals surface area contributed by atoms with Gasteiger partial charge in [-0.1, -0.05) is 30.3 Å². The number of nitrogens with zero attached hydrogens (tertiary/aromatic N) is 5. The SMILES string of the molecule is N#Cc1c(N2CCC[C@H](N)C2)n(Cc2ccccc2)c2c(=O)n(CCO)cnc12. The van der Waals surface area contributed by atoms with Crippen molar-refractivity contribution in [1.29, 1.82) is 5.26 Å². The quantitative estimate of drug-likeness (QED) is 0.671. The van der Waals surface area contributed by atoms with E-state index >= 15 is 0 Å². The molecule has 0 amide bonds. The first kappa shape index (κ1) is 19.2. The minimum Gasteiger partial charge on any atom is -0.395 e. The molecule has 1 fully saturated rings. The van der Waals surface area contributed by atoms with Crippen molar-refractivity contribution in [2.24, 2.45) is 5.73 Å². The molecule has 0 radical (unpaired) electrons. The highest BCUT2D eigenvalue weighted by Gasteiger charge is 2.28. The van der Waals surface area contributed by atoms with Crippen molar-refractivity contribution in [3.05, 3.63) is 58.1 Å². The van der Waals surface area contributed by atoms with E-state index < -0.39 is 0 Å². The number of rotatable bonds is 5. The molecule has 0 aliphatic carbocycles. The first-order chi connectivity index (χ1) is 14.1. The standard InChI is InChI=1S/C21H24N6O2/c22-11-17-18-19(21(29)26(9-10-28)14-24-18)27(12-15-5-2-1-3-6-15)20(17)25-8-4-7-16(23)13-25/h1-3,5-6,14,16,28H,4,7-10,12-13,23H2/t16-/m0/s1. The van der Waals surface area contributed by atoms with Gasteiger partial charge in [-0.3, -0.25) is 9.36 Å². The van der Waals surface area contributed by atoms with Gasteiger partial charge < -0.3 is 20.3 Å². The first-order valence-electron chi connectivity index (χ1n) is 9.81. The Morgan fingerprint density at radius 3 is 2.79 bits per heavy atom. The molecule has 29 heavy (non-hydrogen) atoms. The van der Waals surface area contributed by atoms with Crippen LogP contribution in [-0.4, -0.2) is 45.0 Å². The zero-order valence-corrected chi connectivity index (χ0v) is 16.2. The minimum absolute atomic E-state index is 0.0255. The summed E-state index contributed by atoms with van der Waals surface area (Å²) in [5, 5.41) is 19.2. The number of aliphatic hydroxyl groups excluding tert-OH is 1. The summed E-state index contributed by atoms with van der Waals surface area (Å²) in [5.74, 6) is 0.702. The van der Waals surface area contributed by atoms with E-state index in [9.17, 15) is 15.2 Å². The van der Waals surface area contributed by atoms with Crippen LogP contribution in [0.15, 0.2) is 41.5 Å². The second-order valence-electron chi connectivity index (χ2n) is 7.39. The number of nitriles is 1. The number of fused-ring (bicyclic) bond motifs is 1. The van der Waals surface area contributed by atoms with Gasteiger partial charge in [0, 0.05) is 25.7 Å². The Labute approximate surface area is 168 Å². The number of anilines is 1. The van der Waals surface area contributed by atoms with Gasteiger partial charge in [-0.15, -0.1) is 0 Å². The molecule has 1 aromatic carbocycles. The van der Waals surface area contributed by atoms with Crippen molar-refractivity contribution in [1.82, 2.24) is 14.1 Å². The number of hydrogen-bond acceptors (Lipinski definition) is 6. The summed E-state index contributed by atoms with van der Waals surface area (Å²) in [4.78, 5) is 19.7. The molecule has 3 heterocycles. The maximum Gasteiger partial charge on any atom is 0.278 e. The second-order valence-corrected chi connectivity index (χ2v) is 7.39. The maximum atomic E-state index is 13.2. The molecule has 1 atom stereocenters. The third kappa shape index (κ3) is 3.50. The van der Waals surface area contributed by atoms with Gasteiger partial charge >= 0.3 is 0 Å². The van der Waals surface area contributed by atoms with Gasteiger partial charge in [0.15, 0.2) is 0 Å². The van der Waals surface area contributed by atoms with Gasteiger partial charge in [-0.25, -0.2) is 4.98 Å². The molecule has 0 saturated carbocycles. The molecular formula is C21H24N6O2. The van der Waals surface area contributed by atoms with Crippen molar-refractivity contribution in [2.45, 2.75) is 32.0 Å². The summed E-state index contributed by atoms with van der Waals surface area (Å²) in [6.45, 7) is 1.85. The normalized spacial score (nSPS) is 16.9. The van der Waals surface area contributed by atoms with Gasteiger partial charge in [-0.2, -0.15) is 5.26 Å². The predicted molar refractivity (Wildman–Crippen MR) is 111 cm³/mol. The lowest BCUT2D eigenvalue weighted by molar-refractivity contribution is 0.274. The molecule has 1 aliphatic rings. The van der Waals surface area contributed by atoms with E-state index in [1.54, 1.807) is 0 Å². The number of aliphatic hydroxyl groups is 1. The number of piperidine rings is 1. The maximum absolute atomic E-state index is 13.2. The van der Waals surface area contributed by atoms with E-state index in [1.807, 2.05) is 34.9 Å². The zero-order chi connectivity index (χ0) is 20.4. The third-order valence-corrected chi connectivity index (χ3v) is 5.39. The highest BCUT2D eigenvalue weighted by atomic mass is 16.3. The Balaban J connectivity index is 1.98. The minimum atomic E-state index is -0.260. The van der Waals surface area contributed by atoms with Crippen molar-refractivity contribution >= 4 is 16.9 Å². The Bertz CT molecular complexity index is 1110. The Morgan fingerprint density at radius 2 is 2.10 bits per heavy atom. The van der Waals surface area contributed by atoms with E-state index in [2.05, 4.69) is 16.0 Å². The Hall–Kier alpha value is -3.15. The smallest absolute Gasteiger partial charge is 0.278 e. The van der Waals surface area contributed by atoms with E-state index in [0.29, 0.717) is 35.5 Å². The van der Waals surface area contributed by atoms with Crippen LogP contribution in [0.4, 0.5) is 5.82 Å². The summed E-state index contributed by atoms with van der Waals surface area (Å²) in [6.07, 6.45) is 3.28. The molecule has 0 unspecified atom stereocenters. The predicted octanol–water partition coefficient (Wildman–Crippen LogP) is 1.04. The summed E-state index contributed by atoms with van der Waals surface area (Å²) in [7, 11) is 0. The van der Waals surface area contributed by atoms with Gasteiger partial charge in [-0.05, 0) is 18.4 Å². The number of aromatic nitrogens is 3. The Morgan fingerprint density at radius 1 is 1.31 bits per heavy atom. The average Bonchev–Trinajstić information content (AvgIpc) is 3.05. The summed E-state index contributed by atoms with van der Waals surface area (Å²) < 4.78 is 3.28. The number of nitrogens with two attached hydrogens (primary N) is 1. The lowest BCUT2D eigenvalue weighted by Crippen LogP contribution is -2.44. The van der Waals surface area contributed by atoms with Crippen LogP contribution in [0.3, 0.4) is 0 Å². The Kier molecular flexibility index (Phi) is 5.34. The number of hydrogen-bond donors (Lipinski definition) is 2. The lowest BCUT2D eigenvalue weighted by atomic mass is 10.1. The molecule has 1 aliphatic heterocycles.